The van der Waals surface area contributed by atoms with Gasteiger partial charge in [-0.15, -0.1) is 0 Å². The van der Waals surface area contributed by atoms with Crippen molar-refractivity contribution in [3.63, 3.8) is 0 Å². The molecule has 2 aromatic rings. The molecule has 7 heteroatoms. The van der Waals surface area contributed by atoms with Gasteiger partial charge >= 0.3 is 5.97 Å². The van der Waals surface area contributed by atoms with Crippen molar-refractivity contribution in [2.24, 2.45) is 0 Å². The van der Waals surface area contributed by atoms with E-state index in [1.54, 1.807) is 13.8 Å². The Labute approximate surface area is 142 Å². The van der Waals surface area contributed by atoms with Crippen molar-refractivity contribution in [3.05, 3.63) is 52.2 Å². The van der Waals surface area contributed by atoms with E-state index in [2.05, 4.69) is 16.5 Å². The summed E-state index contributed by atoms with van der Waals surface area (Å²) >= 11 is 12.1. The minimum atomic E-state index is -0.660. The van der Waals surface area contributed by atoms with Gasteiger partial charge in [0.2, 0.25) is 0 Å². The van der Waals surface area contributed by atoms with Crippen LogP contribution in [-0.4, -0.2) is 22.0 Å². The number of esters is 1. The smallest absolute Gasteiger partial charge is 0.339 e. The Balaban J connectivity index is 2.60. The average Bonchev–Trinajstić information content (AvgIpc) is 2.47. The van der Waals surface area contributed by atoms with E-state index < -0.39 is 11.8 Å². The van der Waals surface area contributed by atoms with Gasteiger partial charge < -0.3 is 4.74 Å². The second-order valence-corrected chi connectivity index (χ2v) is 5.68. The first-order chi connectivity index (χ1) is 10.8. The van der Waals surface area contributed by atoms with E-state index in [0.29, 0.717) is 5.69 Å². The normalized spacial score (nSPS) is 10.7. The summed E-state index contributed by atoms with van der Waals surface area (Å²) in [4.78, 5) is 20.0. The molecule has 0 saturated carbocycles. The fraction of sp³-hybridized carbons (Fsp3) is 0.188. The summed E-state index contributed by atoms with van der Waals surface area (Å²) in [6, 6.07) is 2.29. The van der Waals surface area contributed by atoms with Gasteiger partial charge in [0, 0.05) is 5.56 Å². The lowest BCUT2D eigenvalue weighted by Gasteiger charge is -2.12. The number of carbonyl (C=O) groups is 1. The fourth-order valence-corrected chi connectivity index (χ4v) is 2.38. The lowest BCUT2D eigenvalue weighted by Crippen LogP contribution is -2.12. The summed E-state index contributed by atoms with van der Waals surface area (Å²) in [5, 5.41) is 0.0814. The molecule has 0 aliphatic rings. The summed E-state index contributed by atoms with van der Waals surface area (Å²) in [6.45, 7) is 6.98. The molecule has 0 aliphatic heterocycles. The summed E-state index contributed by atoms with van der Waals surface area (Å²) in [6.07, 6.45) is 2.33. The molecule has 0 aliphatic carbocycles. The van der Waals surface area contributed by atoms with Crippen LogP contribution < -0.4 is 0 Å². The molecule has 0 saturated heterocycles. The number of rotatable bonds is 4. The van der Waals surface area contributed by atoms with E-state index in [4.69, 9.17) is 27.9 Å². The van der Waals surface area contributed by atoms with Gasteiger partial charge in [0.25, 0.3) is 0 Å². The number of ether oxygens (including phenoxy) is 1. The minimum absolute atomic E-state index is 0.0283. The van der Waals surface area contributed by atoms with E-state index in [-0.39, 0.29) is 33.0 Å². The molecule has 1 aromatic carbocycles. The van der Waals surface area contributed by atoms with Crippen LogP contribution in [0.2, 0.25) is 10.0 Å². The zero-order chi connectivity index (χ0) is 17.1. The molecule has 0 radical (unpaired) electrons. The van der Waals surface area contributed by atoms with Gasteiger partial charge in [-0.1, -0.05) is 29.8 Å². The number of aromatic nitrogens is 2. The molecule has 4 nitrogen and oxygen atoms in total. The lowest BCUT2D eigenvalue weighted by molar-refractivity contribution is 0.0378. The Kier molecular flexibility index (Phi) is 5.34. The Morgan fingerprint density at radius 1 is 1.35 bits per heavy atom. The topological polar surface area (TPSA) is 52.1 Å². The predicted molar refractivity (Wildman–Crippen MR) is 88.1 cm³/mol. The van der Waals surface area contributed by atoms with Crippen molar-refractivity contribution >= 4 is 35.2 Å². The van der Waals surface area contributed by atoms with Gasteiger partial charge in [0.1, 0.15) is 12.1 Å². The van der Waals surface area contributed by atoms with Crippen molar-refractivity contribution in [3.8, 4) is 11.3 Å². The fourth-order valence-electron chi connectivity index (χ4n) is 1.88. The molecule has 0 fully saturated rings. The summed E-state index contributed by atoms with van der Waals surface area (Å²) in [5.41, 5.74) is 0.564. The zero-order valence-electron chi connectivity index (χ0n) is 12.4. The van der Waals surface area contributed by atoms with Crippen LogP contribution in [0.15, 0.2) is 25.0 Å². The maximum atomic E-state index is 14.3. The standard InChI is InChI=1S/C16H13Cl2FN2O2/c1-4-13-14(18)15(21-7-20-13)10-5-9(11(17)6-12(10)19)16(22)23-8(2)3/h4-8H,1H2,2-3H3. The highest BCUT2D eigenvalue weighted by molar-refractivity contribution is 6.35. The van der Waals surface area contributed by atoms with Gasteiger partial charge in [-0.05, 0) is 32.1 Å². The first kappa shape index (κ1) is 17.4. The summed E-state index contributed by atoms with van der Waals surface area (Å²) in [5.74, 6) is -1.31. The van der Waals surface area contributed by atoms with Crippen molar-refractivity contribution < 1.29 is 13.9 Å². The second-order valence-electron chi connectivity index (χ2n) is 4.89. The average molecular weight is 355 g/mol. The van der Waals surface area contributed by atoms with Crippen LogP contribution in [0, 0.1) is 5.82 Å². The number of carbonyl (C=O) groups excluding carboxylic acids is 1. The summed E-state index contributed by atoms with van der Waals surface area (Å²) in [7, 11) is 0. The molecule has 1 aromatic heterocycles. The maximum absolute atomic E-state index is 14.3. The third-order valence-corrected chi connectivity index (χ3v) is 3.57. The number of nitrogens with zero attached hydrogens (tertiary/aromatic N) is 2. The summed E-state index contributed by atoms with van der Waals surface area (Å²) < 4.78 is 19.4. The molecular weight excluding hydrogens is 342 g/mol. The molecule has 0 amide bonds. The molecule has 0 atom stereocenters. The first-order valence-electron chi connectivity index (χ1n) is 6.68. The molecule has 0 spiro atoms. The lowest BCUT2D eigenvalue weighted by atomic mass is 10.1. The van der Waals surface area contributed by atoms with Crippen molar-refractivity contribution in [1.29, 1.82) is 0 Å². The molecule has 0 bridgehead atoms. The molecule has 0 unspecified atom stereocenters. The van der Waals surface area contributed by atoms with E-state index in [9.17, 15) is 9.18 Å². The first-order valence-corrected chi connectivity index (χ1v) is 7.44. The van der Waals surface area contributed by atoms with Crippen LogP contribution in [0.3, 0.4) is 0 Å². The van der Waals surface area contributed by atoms with Crippen molar-refractivity contribution in [2.75, 3.05) is 0 Å². The number of benzene rings is 1. The molecule has 23 heavy (non-hydrogen) atoms. The van der Waals surface area contributed by atoms with Crippen LogP contribution in [0.5, 0.6) is 0 Å². The van der Waals surface area contributed by atoms with Crippen LogP contribution in [0.1, 0.15) is 29.9 Å². The van der Waals surface area contributed by atoms with E-state index in [1.807, 2.05) is 0 Å². The highest BCUT2D eigenvalue weighted by atomic mass is 35.5. The SMILES string of the molecule is C=Cc1ncnc(-c2cc(C(=O)OC(C)C)c(Cl)cc2F)c1Cl. The largest absolute Gasteiger partial charge is 0.459 e. The zero-order valence-corrected chi connectivity index (χ0v) is 14.0. The monoisotopic (exact) mass is 354 g/mol. The minimum Gasteiger partial charge on any atom is -0.459 e. The van der Waals surface area contributed by atoms with Gasteiger partial charge in [0.05, 0.1) is 33.1 Å². The van der Waals surface area contributed by atoms with E-state index >= 15 is 0 Å². The number of hydrogen-bond donors (Lipinski definition) is 0. The number of halogens is 3. The van der Waals surface area contributed by atoms with Crippen LogP contribution >= 0.6 is 23.2 Å². The third-order valence-electron chi connectivity index (χ3n) is 2.88. The third kappa shape index (κ3) is 3.68. The maximum Gasteiger partial charge on any atom is 0.339 e. The molecule has 120 valence electrons. The van der Waals surface area contributed by atoms with Crippen LogP contribution in [-0.2, 0) is 4.74 Å². The Morgan fingerprint density at radius 3 is 2.65 bits per heavy atom. The van der Waals surface area contributed by atoms with E-state index in [1.165, 1.54) is 18.5 Å². The Morgan fingerprint density at radius 2 is 2.04 bits per heavy atom. The van der Waals surface area contributed by atoms with Gasteiger partial charge in [0.15, 0.2) is 0 Å². The highest BCUT2D eigenvalue weighted by Gasteiger charge is 2.20. The quantitative estimate of drug-likeness (QED) is 0.740. The predicted octanol–water partition coefficient (Wildman–Crippen LogP) is 4.80. The van der Waals surface area contributed by atoms with Crippen LogP contribution in [0.25, 0.3) is 17.3 Å². The molecular formula is C16H13Cl2FN2O2. The molecule has 2 rings (SSSR count). The van der Waals surface area contributed by atoms with Crippen molar-refractivity contribution in [2.45, 2.75) is 20.0 Å². The second kappa shape index (κ2) is 7.06. The molecule has 0 N–H and O–H groups in total. The van der Waals surface area contributed by atoms with Gasteiger partial charge in [-0.25, -0.2) is 19.2 Å². The van der Waals surface area contributed by atoms with Gasteiger partial charge in [-0.2, -0.15) is 0 Å². The number of hydrogen-bond acceptors (Lipinski definition) is 4. The van der Waals surface area contributed by atoms with Gasteiger partial charge in [-0.3, -0.25) is 0 Å². The Hall–Kier alpha value is -1.98. The molecule has 1 heterocycles. The van der Waals surface area contributed by atoms with E-state index in [0.717, 1.165) is 6.07 Å². The van der Waals surface area contributed by atoms with Crippen molar-refractivity contribution in [1.82, 2.24) is 9.97 Å². The highest BCUT2D eigenvalue weighted by Crippen LogP contribution is 2.33. The van der Waals surface area contributed by atoms with Crippen LogP contribution in [0.4, 0.5) is 4.39 Å². The Bertz CT molecular complexity index is 779.